The minimum absolute atomic E-state index is 0.0965. The van der Waals surface area contributed by atoms with Crippen molar-refractivity contribution in [2.75, 3.05) is 19.7 Å². The van der Waals surface area contributed by atoms with Gasteiger partial charge in [0.05, 0.1) is 27.7 Å². The number of hydrogen-bond donors (Lipinski definition) is 0. The number of nitrogens with zero attached hydrogens (tertiary/aromatic N) is 2. The fraction of sp³-hybridized carbons (Fsp3) is 0.462. The molecule has 0 radical (unpaired) electrons. The first kappa shape index (κ1) is 15.3. The molecule has 0 spiro atoms. The van der Waals surface area contributed by atoms with Crippen molar-refractivity contribution in [3.63, 3.8) is 0 Å². The second-order valence-corrected chi connectivity index (χ2v) is 7.55. The number of benzene rings is 1. The van der Waals surface area contributed by atoms with E-state index in [1.54, 1.807) is 0 Å². The molecule has 0 aliphatic carbocycles. The molecule has 5 nitrogen and oxygen atoms in total. The topological polar surface area (TPSA) is 70.4 Å². The van der Waals surface area contributed by atoms with Gasteiger partial charge in [-0.25, -0.2) is 8.42 Å². The van der Waals surface area contributed by atoms with Crippen molar-refractivity contribution in [1.29, 1.82) is 5.26 Å². The van der Waals surface area contributed by atoms with Crippen LogP contribution in [0.15, 0.2) is 23.1 Å². The molecular formula is C13H15ClN2O3S. The van der Waals surface area contributed by atoms with Crippen LogP contribution in [0.25, 0.3) is 0 Å². The molecule has 1 fully saturated rings. The first-order valence-electron chi connectivity index (χ1n) is 6.10. The fourth-order valence-corrected chi connectivity index (χ4v) is 3.96. The van der Waals surface area contributed by atoms with Gasteiger partial charge >= 0.3 is 0 Å². The van der Waals surface area contributed by atoms with Gasteiger partial charge < -0.3 is 4.74 Å². The predicted molar refractivity (Wildman–Crippen MR) is 75.0 cm³/mol. The molecule has 0 N–H and O–H groups in total. The Hall–Kier alpha value is -1.13. The van der Waals surface area contributed by atoms with Crippen LogP contribution in [-0.2, 0) is 14.8 Å². The van der Waals surface area contributed by atoms with Crippen LogP contribution in [-0.4, -0.2) is 38.0 Å². The Morgan fingerprint density at radius 2 is 2.15 bits per heavy atom. The molecule has 2 rings (SSSR count). The van der Waals surface area contributed by atoms with Crippen LogP contribution >= 0.6 is 11.6 Å². The standard InChI is InChI=1S/C13H15ClN2O3S/c1-13(2)9-16(5-6-19-13)20(17,18)11-4-3-10(8-15)12(14)7-11/h3-4,7H,5-6,9H2,1-2H3. The Labute approximate surface area is 123 Å². The zero-order valence-electron chi connectivity index (χ0n) is 11.3. The monoisotopic (exact) mass is 314 g/mol. The molecule has 1 aliphatic heterocycles. The van der Waals surface area contributed by atoms with E-state index in [-0.39, 0.29) is 22.0 Å². The summed E-state index contributed by atoms with van der Waals surface area (Å²) in [7, 11) is -3.62. The number of ether oxygens (including phenoxy) is 1. The van der Waals surface area contributed by atoms with Crippen LogP contribution in [0, 0.1) is 11.3 Å². The van der Waals surface area contributed by atoms with Crippen molar-refractivity contribution in [2.45, 2.75) is 24.3 Å². The highest BCUT2D eigenvalue weighted by molar-refractivity contribution is 7.89. The van der Waals surface area contributed by atoms with E-state index >= 15 is 0 Å². The number of sulfonamides is 1. The SMILES string of the molecule is CC1(C)CN(S(=O)(=O)c2ccc(C#N)c(Cl)c2)CCO1. The Bertz CT molecular complexity index is 665. The van der Waals surface area contributed by atoms with E-state index in [0.717, 1.165) is 0 Å². The third kappa shape index (κ3) is 2.96. The quantitative estimate of drug-likeness (QED) is 0.837. The molecule has 0 saturated carbocycles. The predicted octanol–water partition coefficient (Wildman–Crippen LogP) is 2.01. The lowest BCUT2D eigenvalue weighted by Crippen LogP contribution is -2.50. The minimum Gasteiger partial charge on any atom is -0.373 e. The number of nitriles is 1. The Morgan fingerprint density at radius 1 is 1.45 bits per heavy atom. The number of hydrogen-bond acceptors (Lipinski definition) is 4. The highest BCUT2D eigenvalue weighted by atomic mass is 35.5. The molecule has 1 aromatic rings. The molecule has 0 bridgehead atoms. The van der Waals surface area contributed by atoms with Crippen molar-refractivity contribution in [3.05, 3.63) is 28.8 Å². The van der Waals surface area contributed by atoms with Crippen molar-refractivity contribution in [2.24, 2.45) is 0 Å². The third-order valence-corrected chi connectivity index (χ3v) is 5.24. The Kier molecular flexibility index (Phi) is 4.07. The maximum Gasteiger partial charge on any atom is 0.243 e. The lowest BCUT2D eigenvalue weighted by atomic mass is 10.1. The van der Waals surface area contributed by atoms with Crippen LogP contribution in [0.2, 0.25) is 5.02 Å². The van der Waals surface area contributed by atoms with E-state index in [2.05, 4.69) is 0 Å². The van der Waals surface area contributed by atoms with Gasteiger partial charge in [-0.15, -0.1) is 0 Å². The van der Waals surface area contributed by atoms with E-state index < -0.39 is 15.6 Å². The largest absolute Gasteiger partial charge is 0.373 e. The van der Waals surface area contributed by atoms with E-state index in [1.165, 1.54) is 22.5 Å². The van der Waals surface area contributed by atoms with Crippen molar-refractivity contribution in [3.8, 4) is 6.07 Å². The van der Waals surface area contributed by atoms with Gasteiger partial charge in [-0.1, -0.05) is 11.6 Å². The van der Waals surface area contributed by atoms with Gasteiger partial charge in [0, 0.05) is 13.1 Å². The molecule has 0 unspecified atom stereocenters. The summed E-state index contributed by atoms with van der Waals surface area (Å²) in [5.41, 5.74) is -0.255. The minimum atomic E-state index is -3.62. The number of halogens is 1. The smallest absolute Gasteiger partial charge is 0.243 e. The van der Waals surface area contributed by atoms with Gasteiger partial charge in [0.15, 0.2) is 0 Å². The molecule has 0 aromatic heterocycles. The van der Waals surface area contributed by atoms with Crippen molar-refractivity contribution >= 4 is 21.6 Å². The van der Waals surface area contributed by atoms with Gasteiger partial charge in [0.25, 0.3) is 0 Å². The van der Waals surface area contributed by atoms with Gasteiger partial charge in [-0.05, 0) is 32.0 Å². The van der Waals surface area contributed by atoms with Crippen LogP contribution in [0.1, 0.15) is 19.4 Å². The molecule has 1 aliphatic rings. The van der Waals surface area contributed by atoms with Crippen LogP contribution < -0.4 is 0 Å². The molecule has 7 heteroatoms. The van der Waals surface area contributed by atoms with E-state index in [0.29, 0.717) is 13.2 Å². The third-order valence-electron chi connectivity index (χ3n) is 3.09. The summed E-state index contributed by atoms with van der Waals surface area (Å²) >= 11 is 5.90. The Balaban J connectivity index is 2.36. The van der Waals surface area contributed by atoms with E-state index in [9.17, 15) is 8.42 Å². The summed E-state index contributed by atoms with van der Waals surface area (Å²) in [6.45, 7) is 4.65. The summed E-state index contributed by atoms with van der Waals surface area (Å²) in [6.07, 6.45) is 0. The van der Waals surface area contributed by atoms with Gasteiger partial charge in [0.1, 0.15) is 6.07 Å². The molecule has 0 amide bonds. The van der Waals surface area contributed by atoms with Gasteiger partial charge in [-0.3, -0.25) is 0 Å². The molecular weight excluding hydrogens is 300 g/mol. The van der Waals surface area contributed by atoms with Crippen molar-refractivity contribution < 1.29 is 13.2 Å². The normalized spacial score (nSPS) is 19.5. The second-order valence-electron chi connectivity index (χ2n) is 5.20. The summed E-state index contributed by atoms with van der Waals surface area (Å²) in [5.74, 6) is 0. The summed E-state index contributed by atoms with van der Waals surface area (Å²) in [6, 6.07) is 6.05. The molecule has 1 aromatic carbocycles. The fourth-order valence-electron chi connectivity index (χ4n) is 2.07. The van der Waals surface area contributed by atoms with Gasteiger partial charge in [-0.2, -0.15) is 9.57 Å². The lowest BCUT2D eigenvalue weighted by molar-refractivity contribution is -0.0640. The van der Waals surface area contributed by atoms with Gasteiger partial charge in [0.2, 0.25) is 10.0 Å². The van der Waals surface area contributed by atoms with Crippen molar-refractivity contribution in [1.82, 2.24) is 4.31 Å². The molecule has 108 valence electrons. The number of rotatable bonds is 2. The molecule has 0 atom stereocenters. The summed E-state index contributed by atoms with van der Waals surface area (Å²) in [5, 5.41) is 8.96. The maximum atomic E-state index is 12.6. The second kappa shape index (κ2) is 5.34. The molecule has 1 saturated heterocycles. The first-order valence-corrected chi connectivity index (χ1v) is 7.92. The van der Waals surface area contributed by atoms with Crippen LogP contribution in [0.3, 0.4) is 0 Å². The highest BCUT2D eigenvalue weighted by Crippen LogP contribution is 2.26. The zero-order chi connectivity index (χ0) is 15.0. The summed E-state index contributed by atoms with van der Waals surface area (Å²) < 4.78 is 32.0. The molecule has 1 heterocycles. The first-order chi connectivity index (χ1) is 9.26. The number of morpholine rings is 1. The van der Waals surface area contributed by atoms with Crippen LogP contribution in [0.5, 0.6) is 0 Å². The van der Waals surface area contributed by atoms with E-state index in [4.69, 9.17) is 21.6 Å². The van der Waals surface area contributed by atoms with E-state index in [1.807, 2.05) is 19.9 Å². The zero-order valence-corrected chi connectivity index (χ0v) is 12.8. The average Bonchev–Trinajstić information content (AvgIpc) is 2.37. The molecule has 20 heavy (non-hydrogen) atoms. The highest BCUT2D eigenvalue weighted by Gasteiger charge is 2.35. The lowest BCUT2D eigenvalue weighted by Gasteiger charge is -2.37. The van der Waals surface area contributed by atoms with Crippen LogP contribution in [0.4, 0.5) is 0 Å². The Morgan fingerprint density at radius 3 is 2.70 bits per heavy atom. The summed E-state index contributed by atoms with van der Waals surface area (Å²) in [4.78, 5) is 0.0965. The average molecular weight is 315 g/mol. The maximum absolute atomic E-state index is 12.6.